The Bertz CT molecular complexity index is 481. The van der Waals surface area contributed by atoms with Crippen LogP contribution in [0.2, 0.25) is 0 Å². The highest BCUT2D eigenvalue weighted by molar-refractivity contribution is 7.13. The van der Waals surface area contributed by atoms with Gasteiger partial charge in [0.1, 0.15) is 12.2 Å². The summed E-state index contributed by atoms with van der Waals surface area (Å²) in [6, 6.07) is 0. The summed E-state index contributed by atoms with van der Waals surface area (Å²) in [6.07, 6.45) is -2.72. The maximum Gasteiger partial charge on any atom is 0.509 e. The standard InChI is InChI=1S/C13H24N3O7P/c1-8(6-11(18)15-16(4)24)22-12(19)7-21-13(20)23-9(2)5-10(17)14-3/h8-9H,5-7,24H2,1-4H3,(H,14,17)(H,15,18)/i4D. The van der Waals surface area contributed by atoms with Gasteiger partial charge in [0.2, 0.25) is 11.8 Å². The molecule has 2 N–H and O–H groups in total. The SMILES string of the molecule is [2H]CN(P)NC(=O)CC(C)OC(=O)COC(=O)OC(C)CC(=O)NC. The van der Waals surface area contributed by atoms with Crippen molar-refractivity contribution in [2.75, 3.05) is 20.7 Å². The number of amides is 2. The molecule has 0 aliphatic rings. The fraction of sp³-hybridized carbons (Fsp3) is 0.692. The Morgan fingerprint density at radius 3 is 2.29 bits per heavy atom. The van der Waals surface area contributed by atoms with E-state index < -0.39 is 36.8 Å². The molecular weight excluding hydrogens is 341 g/mol. The van der Waals surface area contributed by atoms with Gasteiger partial charge in [0.05, 0.1) is 12.8 Å². The summed E-state index contributed by atoms with van der Waals surface area (Å²) in [7, 11) is 3.44. The Balaban J connectivity index is 4.03. The Morgan fingerprint density at radius 1 is 1.12 bits per heavy atom. The van der Waals surface area contributed by atoms with Crippen LogP contribution in [0.1, 0.15) is 28.1 Å². The quantitative estimate of drug-likeness (QED) is 0.325. The van der Waals surface area contributed by atoms with E-state index in [4.69, 9.17) is 10.8 Å². The van der Waals surface area contributed by atoms with Crippen LogP contribution in [-0.4, -0.2) is 61.6 Å². The van der Waals surface area contributed by atoms with Gasteiger partial charge in [0, 0.05) is 15.4 Å². The number of nitrogens with one attached hydrogen (secondary N) is 2. The third-order valence-corrected chi connectivity index (χ3v) is 2.56. The Hall–Kier alpha value is -1.93. The second-order valence-electron chi connectivity index (χ2n) is 4.85. The number of carbonyl (C=O) groups excluding carboxylic acids is 4. The first-order chi connectivity index (χ1) is 11.7. The van der Waals surface area contributed by atoms with Crippen LogP contribution in [0.15, 0.2) is 0 Å². The Morgan fingerprint density at radius 2 is 1.71 bits per heavy atom. The molecule has 0 saturated heterocycles. The topological polar surface area (TPSA) is 123 Å². The number of ether oxygens (including phenoxy) is 3. The third-order valence-electron chi connectivity index (χ3n) is 2.43. The predicted molar refractivity (Wildman–Crippen MR) is 86.4 cm³/mol. The first-order valence-electron chi connectivity index (χ1n) is 7.73. The second kappa shape index (κ2) is 11.6. The van der Waals surface area contributed by atoms with E-state index in [0.717, 1.165) is 0 Å². The van der Waals surface area contributed by atoms with E-state index in [9.17, 15) is 19.2 Å². The lowest BCUT2D eigenvalue weighted by Gasteiger charge is -2.16. The van der Waals surface area contributed by atoms with Crippen molar-refractivity contribution in [2.24, 2.45) is 0 Å². The third kappa shape index (κ3) is 11.6. The molecule has 11 heteroatoms. The van der Waals surface area contributed by atoms with Crippen LogP contribution in [0.4, 0.5) is 4.79 Å². The smallest absolute Gasteiger partial charge is 0.460 e. The van der Waals surface area contributed by atoms with Crippen LogP contribution >= 0.6 is 9.39 Å². The molecule has 0 aromatic rings. The van der Waals surface area contributed by atoms with E-state index in [1.807, 2.05) is 0 Å². The lowest BCUT2D eigenvalue weighted by Crippen LogP contribution is -2.35. The summed E-state index contributed by atoms with van der Waals surface area (Å²) in [5, 5.41) is 2.38. The highest BCUT2D eigenvalue weighted by atomic mass is 31.0. The van der Waals surface area contributed by atoms with Crippen LogP contribution < -0.4 is 10.7 Å². The average Bonchev–Trinajstić information content (AvgIpc) is 2.51. The Labute approximate surface area is 144 Å². The number of hydrogen-bond acceptors (Lipinski definition) is 8. The molecule has 138 valence electrons. The number of carbonyl (C=O) groups is 4. The summed E-state index contributed by atoms with van der Waals surface area (Å²) in [5.41, 5.74) is 2.37. The zero-order chi connectivity index (χ0) is 19.4. The molecular formula is C13H24N3O7P. The molecule has 0 saturated carbocycles. The van der Waals surface area contributed by atoms with Gasteiger partial charge in [-0.1, -0.05) is 0 Å². The molecule has 0 fully saturated rings. The molecule has 3 atom stereocenters. The average molecular weight is 366 g/mol. The molecule has 0 rings (SSSR count). The fourth-order valence-electron chi connectivity index (χ4n) is 1.49. The predicted octanol–water partition coefficient (Wildman–Crippen LogP) is -0.261. The number of nitrogens with zero attached hydrogens (tertiary/aromatic N) is 1. The minimum Gasteiger partial charge on any atom is -0.460 e. The van der Waals surface area contributed by atoms with Gasteiger partial charge >= 0.3 is 12.1 Å². The molecule has 0 aliphatic heterocycles. The maximum atomic E-state index is 11.5. The number of esters is 1. The van der Waals surface area contributed by atoms with E-state index in [1.165, 1.54) is 25.7 Å². The normalized spacial score (nSPS) is 13.3. The van der Waals surface area contributed by atoms with Crippen LogP contribution in [0.25, 0.3) is 0 Å². The van der Waals surface area contributed by atoms with Crippen LogP contribution in [-0.2, 0) is 28.6 Å². The van der Waals surface area contributed by atoms with Crippen molar-refractivity contribution in [1.29, 1.82) is 0 Å². The van der Waals surface area contributed by atoms with E-state index >= 15 is 0 Å². The minimum absolute atomic E-state index is 0.0345. The largest absolute Gasteiger partial charge is 0.509 e. The van der Waals surface area contributed by atoms with Crippen molar-refractivity contribution in [3.05, 3.63) is 0 Å². The van der Waals surface area contributed by atoms with Crippen molar-refractivity contribution in [3.63, 3.8) is 0 Å². The summed E-state index contributed by atoms with van der Waals surface area (Å²) in [4.78, 5) is 45.5. The molecule has 24 heavy (non-hydrogen) atoms. The van der Waals surface area contributed by atoms with Gasteiger partial charge in [-0.2, -0.15) is 0 Å². The summed E-state index contributed by atoms with van der Waals surface area (Å²) in [6.45, 7) is 2.32. The minimum atomic E-state index is -1.10. The zero-order valence-electron chi connectivity index (χ0n) is 14.9. The van der Waals surface area contributed by atoms with E-state index in [1.54, 1.807) is 0 Å². The number of rotatable bonds is 9. The molecule has 10 nitrogen and oxygen atoms in total. The maximum absolute atomic E-state index is 11.5. The van der Waals surface area contributed by atoms with Crippen molar-refractivity contribution in [2.45, 2.75) is 38.9 Å². The second-order valence-corrected chi connectivity index (χ2v) is 5.48. The highest BCUT2D eigenvalue weighted by Crippen LogP contribution is 2.02. The molecule has 0 aromatic carbocycles. The summed E-state index contributed by atoms with van der Waals surface area (Å²) in [5.74, 6) is -1.59. The van der Waals surface area contributed by atoms with Crippen LogP contribution in [0.5, 0.6) is 0 Å². The van der Waals surface area contributed by atoms with Gasteiger partial charge in [-0.25, -0.2) is 14.4 Å². The zero-order valence-corrected chi connectivity index (χ0v) is 15.0. The highest BCUT2D eigenvalue weighted by Gasteiger charge is 2.18. The lowest BCUT2D eigenvalue weighted by molar-refractivity contribution is -0.154. The van der Waals surface area contributed by atoms with E-state index in [-0.39, 0.29) is 25.8 Å². The molecule has 0 aliphatic carbocycles. The number of hydrogen-bond donors (Lipinski definition) is 2. The van der Waals surface area contributed by atoms with Gasteiger partial charge in [-0.3, -0.25) is 15.0 Å². The van der Waals surface area contributed by atoms with Crippen molar-refractivity contribution < 1.29 is 34.8 Å². The van der Waals surface area contributed by atoms with E-state index in [2.05, 4.69) is 24.9 Å². The summed E-state index contributed by atoms with van der Waals surface area (Å²) < 4.78 is 22.4. The van der Waals surface area contributed by atoms with Gasteiger partial charge in [-0.05, 0) is 23.2 Å². The summed E-state index contributed by atoms with van der Waals surface area (Å²) >= 11 is 0. The van der Waals surface area contributed by atoms with Crippen LogP contribution in [0.3, 0.4) is 0 Å². The van der Waals surface area contributed by atoms with Gasteiger partial charge in [0.25, 0.3) is 0 Å². The molecule has 0 spiro atoms. The first-order valence-corrected chi connectivity index (χ1v) is 7.54. The lowest BCUT2D eigenvalue weighted by atomic mass is 10.3. The molecule has 0 heterocycles. The van der Waals surface area contributed by atoms with Crippen molar-refractivity contribution in [1.82, 2.24) is 15.5 Å². The monoisotopic (exact) mass is 366 g/mol. The Kier molecular flexibility index (Phi) is 9.71. The van der Waals surface area contributed by atoms with Crippen LogP contribution in [0, 0.1) is 0 Å². The first kappa shape index (κ1) is 20.1. The van der Waals surface area contributed by atoms with E-state index in [0.29, 0.717) is 0 Å². The van der Waals surface area contributed by atoms with Gasteiger partial charge in [-0.15, -0.1) is 0 Å². The molecule has 0 radical (unpaired) electrons. The van der Waals surface area contributed by atoms with Gasteiger partial charge < -0.3 is 19.5 Å². The van der Waals surface area contributed by atoms with Gasteiger partial charge in [0.15, 0.2) is 6.61 Å². The van der Waals surface area contributed by atoms with Crippen molar-refractivity contribution in [3.8, 4) is 0 Å². The number of hydrazine groups is 1. The molecule has 0 aromatic heterocycles. The molecule has 3 unspecified atom stereocenters. The molecule has 0 bridgehead atoms. The molecule has 2 amide bonds. The van der Waals surface area contributed by atoms with Crippen molar-refractivity contribution >= 4 is 33.3 Å². The fourth-order valence-corrected chi connectivity index (χ4v) is 1.63.